The number of unbranched alkanes of at least 4 members (excludes halogenated alkanes) is 53. The van der Waals surface area contributed by atoms with Crippen molar-refractivity contribution in [1.29, 1.82) is 0 Å². The van der Waals surface area contributed by atoms with Gasteiger partial charge < -0.3 is 33.3 Å². The molecular formula is C86H159NO8. The van der Waals surface area contributed by atoms with E-state index in [4.69, 9.17) is 18.9 Å². The van der Waals surface area contributed by atoms with Crippen LogP contribution in [-0.2, 0) is 33.3 Å². The molecule has 9 nitrogen and oxygen atoms in total. The normalized spacial score (nSPS) is 12.9. The summed E-state index contributed by atoms with van der Waals surface area (Å²) in [6.45, 7) is 4.79. The Labute approximate surface area is 590 Å². The van der Waals surface area contributed by atoms with Crippen LogP contribution in [0.1, 0.15) is 412 Å². The van der Waals surface area contributed by atoms with Crippen molar-refractivity contribution >= 4 is 17.9 Å². The average Bonchev–Trinajstić information content (AvgIpc) is 3.54. The van der Waals surface area contributed by atoms with Gasteiger partial charge >= 0.3 is 11.9 Å². The Balaban J connectivity index is 3.94. The van der Waals surface area contributed by atoms with Crippen molar-refractivity contribution in [3.8, 4) is 0 Å². The lowest BCUT2D eigenvalue weighted by atomic mass is 10.0. The third-order valence-corrected chi connectivity index (χ3v) is 18.7. The van der Waals surface area contributed by atoms with Gasteiger partial charge in [-0.15, -0.1) is 0 Å². The molecule has 0 aromatic rings. The first-order chi connectivity index (χ1) is 46.6. The van der Waals surface area contributed by atoms with Crippen molar-refractivity contribution in [2.75, 3.05) is 47.5 Å². The maximum Gasteiger partial charge on any atom is 0.306 e. The zero-order valence-corrected chi connectivity index (χ0v) is 63.8. The van der Waals surface area contributed by atoms with Crippen molar-refractivity contribution in [2.24, 2.45) is 0 Å². The highest BCUT2D eigenvalue weighted by atomic mass is 16.7. The summed E-state index contributed by atoms with van der Waals surface area (Å²) in [5, 5.41) is 11.9. The molecule has 0 aliphatic heterocycles. The van der Waals surface area contributed by atoms with Gasteiger partial charge in [-0.1, -0.05) is 376 Å². The van der Waals surface area contributed by atoms with Crippen LogP contribution in [0.5, 0.6) is 0 Å². The van der Waals surface area contributed by atoms with Crippen molar-refractivity contribution in [1.82, 2.24) is 0 Å². The van der Waals surface area contributed by atoms with E-state index in [9.17, 15) is 19.5 Å². The molecule has 0 saturated carbocycles. The summed E-state index contributed by atoms with van der Waals surface area (Å²) in [6.07, 6.45) is 99.3. The first-order valence-electron chi connectivity index (χ1n) is 41.4. The standard InChI is InChI=1S/C86H159NO8/c1-6-8-10-12-14-16-18-20-22-24-26-28-30-32-34-36-37-38-39-40-41-42-43-44-45-46-47-49-51-53-55-57-59-61-63-65-67-69-71-73-75-77-84(89)95-82(81-94-86(85(90)91)92-79-78-87(3,4)5)80-93-83(88)76-74-72-70-68-66-64-62-60-58-56-54-52-50-48-35-33-31-29-27-25-23-21-19-17-15-13-11-9-7-2/h18-21,24-27,30,32,82,86H,6-17,22-23,28-29,31,33-81H2,1-5H3/b20-18-,21-19-,26-24-,27-25-,32-30-. The molecule has 95 heavy (non-hydrogen) atoms. The maximum absolute atomic E-state index is 13.0. The van der Waals surface area contributed by atoms with E-state index < -0.39 is 24.3 Å². The van der Waals surface area contributed by atoms with Gasteiger partial charge in [0.05, 0.1) is 40.3 Å². The fourth-order valence-corrected chi connectivity index (χ4v) is 12.4. The van der Waals surface area contributed by atoms with Crippen molar-refractivity contribution in [2.45, 2.75) is 424 Å². The summed E-state index contributed by atoms with van der Waals surface area (Å²) in [7, 11) is 5.95. The fraction of sp³-hybridized carbons (Fsp3) is 0.849. The molecule has 0 aromatic carbocycles. The summed E-state index contributed by atoms with van der Waals surface area (Å²) in [5.74, 6) is -2.25. The van der Waals surface area contributed by atoms with Gasteiger partial charge in [-0.25, -0.2) is 0 Å². The molecule has 0 spiro atoms. The predicted molar refractivity (Wildman–Crippen MR) is 408 cm³/mol. The van der Waals surface area contributed by atoms with Gasteiger partial charge in [0, 0.05) is 12.8 Å². The second-order valence-corrected chi connectivity index (χ2v) is 29.4. The minimum atomic E-state index is -1.62. The van der Waals surface area contributed by atoms with Gasteiger partial charge in [0.2, 0.25) is 0 Å². The van der Waals surface area contributed by atoms with E-state index in [-0.39, 0.29) is 32.2 Å². The lowest BCUT2D eigenvalue weighted by molar-refractivity contribution is -0.870. The van der Waals surface area contributed by atoms with Gasteiger partial charge in [-0.2, -0.15) is 0 Å². The quantitative estimate of drug-likeness (QED) is 0.0195. The number of aliphatic carboxylic acids is 1. The van der Waals surface area contributed by atoms with Gasteiger partial charge in [-0.05, 0) is 83.5 Å². The Morgan fingerprint density at radius 2 is 0.568 bits per heavy atom. The van der Waals surface area contributed by atoms with E-state index in [1.54, 1.807) is 0 Å². The molecule has 0 radical (unpaired) electrons. The molecule has 0 saturated heterocycles. The monoisotopic (exact) mass is 1330 g/mol. The van der Waals surface area contributed by atoms with E-state index in [2.05, 4.69) is 74.6 Å². The summed E-state index contributed by atoms with van der Waals surface area (Å²) in [6, 6.07) is 0. The van der Waals surface area contributed by atoms with Gasteiger partial charge in [-0.3, -0.25) is 9.59 Å². The van der Waals surface area contributed by atoms with Crippen molar-refractivity contribution in [3.05, 3.63) is 60.8 Å². The van der Waals surface area contributed by atoms with Crippen LogP contribution in [0.4, 0.5) is 0 Å². The smallest absolute Gasteiger partial charge is 0.306 e. The van der Waals surface area contributed by atoms with E-state index >= 15 is 0 Å². The number of nitrogens with zero attached hydrogens (tertiary/aromatic N) is 1. The third-order valence-electron chi connectivity index (χ3n) is 18.7. The fourth-order valence-electron chi connectivity index (χ4n) is 12.4. The lowest BCUT2D eigenvalue weighted by Crippen LogP contribution is -2.44. The highest BCUT2D eigenvalue weighted by molar-refractivity contribution is 5.70. The molecule has 0 heterocycles. The average molecular weight is 1340 g/mol. The molecule has 0 rings (SSSR count). The van der Waals surface area contributed by atoms with Crippen LogP contribution in [-0.4, -0.2) is 82.3 Å². The Bertz CT molecular complexity index is 1750. The van der Waals surface area contributed by atoms with Crippen LogP contribution in [0.2, 0.25) is 0 Å². The molecule has 2 unspecified atom stereocenters. The maximum atomic E-state index is 13.0. The lowest BCUT2D eigenvalue weighted by Gasteiger charge is -2.26. The van der Waals surface area contributed by atoms with Crippen LogP contribution in [0.15, 0.2) is 60.8 Å². The number of esters is 2. The molecule has 9 heteroatoms. The zero-order valence-electron chi connectivity index (χ0n) is 63.8. The predicted octanol–water partition coefficient (Wildman–Crippen LogP) is 25.3. The van der Waals surface area contributed by atoms with Gasteiger partial charge in [0.25, 0.3) is 0 Å². The summed E-state index contributed by atoms with van der Waals surface area (Å²) >= 11 is 0. The van der Waals surface area contributed by atoms with Crippen molar-refractivity contribution < 1.29 is 42.9 Å². The van der Waals surface area contributed by atoms with Crippen LogP contribution in [0.25, 0.3) is 0 Å². The Kier molecular flexibility index (Phi) is 74.3. The number of carbonyl (C=O) groups excluding carboxylic acids is 3. The second kappa shape index (κ2) is 76.7. The largest absolute Gasteiger partial charge is 0.545 e. The first kappa shape index (κ1) is 92.0. The number of quaternary nitrogens is 1. The Morgan fingerprint density at radius 3 is 0.842 bits per heavy atom. The molecule has 0 aliphatic rings. The highest BCUT2D eigenvalue weighted by Crippen LogP contribution is 2.20. The molecule has 0 amide bonds. The van der Waals surface area contributed by atoms with E-state index in [0.29, 0.717) is 17.4 Å². The topological polar surface area (TPSA) is 111 Å². The Hall–Kier alpha value is -3.01. The number of carboxylic acid groups (broad SMARTS) is 1. The number of carbonyl (C=O) groups is 3. The highest BCUT2D eigenvalue weighted by Gasteiger charge is 2.22. The number of allylic oxidation sites excluding steroid dienone is 10. The second-order valence-electron chi connectivity index (χ2n) is 29.4. The number of hydrogen-bond donors (Lipinski definition) is 0. The summed E-state index contributed by atoms with van der Waals surface area (Å²) in [5.41, 5.74) is 0. The van der Waals surface area contributed by atoms with Crippen LogP contribution < -0.4 is 5.11 Å². The minimum absolute atomic E-state index is 0.150. The molecule has 0 fully saturated rings. The molecule has 0 bridgehead atoms. The van der Waals surface area contributed by atoms with Crippen LogP contribution in [0.3, 0.4) is 0 Å². The Morgan fingerprint density at radius 1 is 0.316 bits per heavy atom. The molecule has 0 aromatic heterocycles. The van der Waals surface area contributed by atoms with Gasteiger partial charge in [0.15, 0.2) is 12.4 Å². The molecule has 0 aliphatic carbocycles. The molecule has 556 valence electrons. The third kappa shape index (κ3) is 78.2. The summed E-state index contributed by atoms with van der Waals surface area (Å²) < 4.78 is 22.9. The van der Waals surface area contributed by atoms with E-state index in [1.165, 1.54) is 327 Å². The number of rotatable bonds is 78. The van der Waals surface area contributed by atoms with E-state index in [1.807, 2.05) is 21.1 Å². The summed E-state index contributed by atoms with van der Waals surface area (Å²) in [4.78, 5) is 37.6. The SMILES string of the molecule is CCCCCCC/C=C\C/C=C\C/C=C\CCCCCCCCCCCCCCCCCCCCCCCCCCCCC(=O)OC(COC(=O)CCCCCCCCCCCCCCCCCCC/C=C\C/C=C\CCCCCCC)COC(OCC[N+](C)(C)C)C(=O)[O-]. The number of hydrogen-bond acceptors (Lipinski definition) is 8. The van der Waals surface area contributed by atoms with Crippen LogP contribution >= 0.6 is 0 Å². The van der Waals surface area contributed by atoms with E-state index in [0.717, 1.165) is 57.8 Å². The minimum Gasteiger partial charge on any atom is -0.545 e. The number of likely N-dealkylation sites (N-methyl/N-ethyl adjacent to an activating group) is 1. The number of ether oxygens (including phenoxy) is 4. The molecule has 2 atom stereocenters. The van der Waals surface area contributed by atoms with Crippen molar-refractivity contribution in [3.63, 3.8) is 0 Å². The first-order valence-corrected chi connectivity index (χ1v) is 41.4. The molecule has 0 N–H and O–H groups in total. The molecular weight excluding hydrogens is 1170 g/mol. The zero-order chi connectivity index (χ0) is 69.0. The van der Waals surface area contributed by atoms with Gasteiger partial charge in [0.1, 0.15) is 13.2 Å². The van der Waals surface area contributed by atoms with Crippen LogP contribution in [0, 0.1) is 0 Å². The number of carboxylic acids is 1.